The lowest BCUT2D eigenvalue weighted by Crippen LogP contribution is -2.32. The number of amides is 1. The standard InChI is InChI=1S/C23H17ClN2O2/c1-28-20-13-7-17(8-14-20)22-25-21(15-16-5-3-2-4-6-16)23(27)26(22)19-11-9-18(24)10-12-19/h2-15H,1H3/b21-15+. The number of carbonyl (C=O) groups is 1. The van der Waals surface area contributed by atoms with E-state index in [-0.39, 0.29) is 5.91 Å². The first-order valence-electron chi connectivity index (χ1n) is 8.75. The predicted octanol–water partition coefficient (Wildman–Crippen LogP) is 5.18. The molecule has 0 fully saturated rings. The summed E-state index contributed by atoms with van der Waals surface area (Å²) in [7, 11) is 1.62. The summed E-state index contributed by atoms with van der Waals surface area (Å²) in [6.07, 6.45) is 1.79. The molecule has 28 heavy (non-hydrogen) atoms. The van der Waals surface area contributed by atoms with Crippen LogP contribution in [0, 0.1) is 0 Å². The fourth-order valence-corrected chi connectivity index (χ4v) is 3.11. The van der Waals surface area contributed by atoms with Gasteiger partial charge in [-0.25, -0.2) is 4.99 Å². The number of halogens is 1. The lowest BCUT2D eigenvalue weighted by atomic mass is 10.1. The van der Waals surface area contributed by atoms with Crippen LogP contribution in [0.3, 0.4) is 0 Å². The zero-order valence-electron chi connectivity index (χ0n) is 15.2. The van der Waals surface area contributed by atoms with Gasteiger partial charge in [-0.2, -0.15) is 0 Å². The molecular weight excluding hydrogens is 372 g/mol. The number of hydrogen-bond acceptors (Lipinski definition) is 3. The molecule has 0 unspecified atom stereocenters. The van der Waals surface area contributed by atoms with E-state index in [9.17, 15) is 4.79 Å². The van der Waals surface area contributed by atoms with Crippen molar-refractivity contribution in [1.29, 1.82) is 0 Å². The van der Waals surface area contributed by atoms with Crippen LogP contribution in [-0.2, 0) is 4.79 Å². The van der Waals surface area contributed by atoms with E-state index in [1.807, 2.05) is 66.7 Å². The molecule has 3 aromatic carbocycles. The number of amidine groups is 1. The highest BCUT2D eigenvalue weighted by Crippen LogP contribution is 2.29. The molecule has 5 heteroatoms. The van der Waals surface area contributed by atoms with Gasteiger partial charge in [0.2, 0.25) is 0 Å². The molecule has 4 rings (SSSR count). The Kier molecular flexibility index (Phi) is 4.96. The molecule has 0 aromatic heterocycles. The molecule has 0 atom stereocenters. The highest BCUT2D eigenvalue weighted by molar-refractivity contribution is 6.34. The summed E-state index contributed by atoms with van der Waals surface area (Å²) in [4.78, 5) is 19.4. The van der Waals surface area contributed by atoms with E-state index in [0.29, 0.717) is 22.2 Å². The molecule has 0 saturated heterocycles. The third-order valence-corrected chi connectivity index (χ3v) is 4.65. The average Bonchev–Trinajstić information content (AvgIpc) is 3.05. The van der Waals surface area contributed by atoms with E-state index in [4.69, 9.17) is 16.3 Å². The summed E-state index contributed by atoms with van der Waals surface area (Å²) >= 11 is 6.02. The van der Waals surface area contributed by atoms with Gasteiger partial charge in [0.15, 0.2) is 0 Å². The maximum absolute atomic E-state index is 13.2. The number of nitrogens with zero attached hydrogens (tertiary/aromatic N) is 2. The molecule has 0 bridgehead atoms. The van der Waals surface area contributed by atoms with Crippen molar-refractivity contribution < 1.29 is 9.53 Å². The second kappa shape index (κ2) is 7.71. The molecule has 0 saturated carbocycles. The van der Waals surface area contributed by atoms with Crippen LogP contribution in [-0.4, -0.2) is 18.9 Å². The van der Waals surface area contributed by atoms with Crippen LogP contribution in [0.1, 0.15) is 11.1 Å². The van der Waals surface area contributed by atoms with Gasteiger partial charge in [0.25, 0.3) is 5.91 Å². The Balaban J connectivity index is 1.80. The third-order valence-electron chi connectivity index (χ3n) is 4.40. The van der Waals surface area contributed by atoms with E-state index in [2.05, 4.69) is 4.99 Å². The monoisotopic (exact) mass is 388 g/mol. The summed E-state index contributed by atoms with van der Waals surface area (Å²) in [6.45, 7) is 0. The number of hydrogen-bond donors (Lipinski definition) is 0. The number of methoxy groups -OCH3 is 1. The van der Waals surface area contributed by atoms with Crippen molar-refractivity contribution in [2.75, 3.05) is 12.0 Å². The van der Waals surface area contributed by atoms with Gasteiger partial charge >= 0.3 is 0 Å². The first kappa shape index (κ1) is 18.0. The molecule has 1 aliphatic rings. The summed E-state index contributed by atoms with van der Waals surface area (Å²) in [6, 6.07) is 24.3. The Morgan fingerprint density at radius 3 is 2.25 bits per heavy atom. The molecule has 138 valence electrons. The molecule has 3 aromatic rings. The van der Waals surface area contributed by atoms with Gasteiger partial charge in [-0.3, -0.25) is 9.69 Å². The van der Waals surface area contributed by atoms with E-state index in [0.717, 1.165) is 16.9 Å². The van der Waals surface area contributed by atoms with Crippen LogP contribution in [0.25, 0.3) is 6.08 Å². The zero-order valence-corrected chi connectivity index (χ0v) is 15.9. The topological polar surface area (TPSA) is 41.9 Å². The van der Waals surface area contributed by atoms with Crippen LogP contribution >= 0.6 is 11.6 Å². The molecule has 0 spiro atoms. The van der Waals surface area contributed by atoms with Crippen LogP contribution in [0.5, 0.6) is 5.75 Å². The Labute approximate surface area is 168 Å². The number of ether oxygens (including phenoxy) is 1. The number of anilines is 1. The van der Waals surface area contributed by atoms with E-state index in [1.54, 1.807) is 30.2 Å². The van der Waals surface area contributed by atoms with Gasteiger partial charge in [-0.15, -0.1) is 0 Å². The van der Waals surface area contributed by atoms with Crippen molar-refractivity contribution in [2.45, 2.75) is 0 Å². The Morgan fingerprint density at radius 1 is 0.929 bits per heavy atom. The molecule has 1 amide bonds. The fraction of sp³-hybridized carbons (Fsp3) is 0.0435. The Hall–Kier alpha value is -3.37. The SMILES string of the molecule is COc1ccc(C2=N/C(=C/c3ccccc3)C(=O)N2c2ccc(Cl)cc2)cc1. The maximum Gasteiger partial charge on any atom is 0.282 e. The average molecular weight is 389 g/mol. The van der Waals surface area contributed by atoms with Crippen molar-refractivity contribution >= 4 is 35.1 Å². The van der Waals surface area contributed by atoms with E-state index < -0.39 is 0 Å². The quantitative estimate of drug-likeness (QED) is 0.577. The van der Waals surface area contributed by atoms with Crippen LogP contribution in [0.2, 0.25) is 5.02 Å². The normalized spacial score (nSPS) is 15.1. The first-order valence-corrected chi connectivity index (χ1v) is 9.13. The highest BCUT2D eigenvalue weighted by atomic mass is 35.5. The minimum Gasteiger partial charge on any atom is -0.497 e. The number of carbonyl (C=O) groups excluding carboxylic acids is 1. The lowest BCUT2D eigenvalue weighted by Gasteiger charge is -2.18. The van der Waals surface area contributed by atoms with Crippen molar-refractivity contribution in [3.05, 3.63) is 101 Å². The number of aliphatic imine (C=N–C) groups is 1. The van der Waals surface area contributed by atoms with Gasteiger partial charge in [0.05, 0.1) is 12.8 Å². The van der Waals surface area contributed by atoms with Gasteiger partial charge in [0.1, 0.15) is 17.3 Å². The number of rotatable bonds is 4. The van der Waals surface area contributed by atoms with Gasteiger partial charge in [0, 0.05) is 10.6 Å². The second-order valence-corrected chi connectivity index (χ2v) is 6.66. The molecule has 4 nitrogen and oxygen atoms in total. The summed E-state index contributed by atoms with van der Waals surface area (Å²) < 4.78 is 5.23. The Bertz CT molecular complexity index is 1060. The van der Waals surface area contributed by atoms with E-state index >= 15 is 0 Å². The second-order valence-electron chi connectivity index (χ2n) is 6.22. The molecule has 1 aliphatic heterocycles. The molecular formula is C23H17ClN2O2. The smallest absolute Gasteiger partial charge is 0.282 e. The lowest BCUT2D eigenvalue weighted by molar-refractivity contribution is -0.113. The van der Waals surface area contributed by atoms with Crippen LogP contribution in [0.15, 0.2) is 89.6 Å². The third kappa shape index (κ3) is 3.55. The maximum atomic E-state index is 13.2. The molecule has 0 radical (unpaired) electrons. The largest absolute Gasteiger partial charge is 0.497 e. The van der Waals surface area contributed by atoms with Crippen molar-refractivity contribution in [1.82, 2.24) is 0 Å². The van der Waals surface area contributed by atoms with Gasteiger partial charge < -0.3 is 4.74 Å². The fourth-order valence-electron chi connectivity index (χ4n) is 2.99. The van der Waals surface area contributed by atoms with Crippen LogP contribution in [0.4, 0.5) is 5.69 Å². The van der Waals surface area contributed by atoms with Crippen LogP contribution < -0.4 is 9.64 Å². The summed E-state index contributed by atoms with van der Waals surface area (Å²) in [5.41, 5.74) is 2.83. The van der Waals surface area contributed by atoms with Gasteiger partial charge in [-0.1, -0.05) is 41.9 Å². The van der Waals surface area contributed by atoms with Crippen molar-refractivity contribution in [2.24, 2.45) is 4.99 Å². The first-order chi connectivity index (χ1) is 13.7. The predicted molar refractivity (Wildman–Crippen MR) is 113 cm³/mol. The van der Waals surface area contributed by atoms with Gasteiger partial charge in [-0.05, 0) is 60.2 Å². The minimum absolute atomic E-state index is 0.183. The molecule has 0 N–H and O–H groups in total. The van der Waals surface area contributed by atoms with E-state index in [1.165, 1.54) is 0 Å². The minimum atomic E-state index is -0.183. The molecule has 0 aliphatic carbocycles. The number of benzene rings is 3. The zero-order chi connectivity index (χ0) is 19.5. The molecule has 1 heterocycles. The highest BCUT2D eigenvalue weighted by Gasteiger charge is 2.32. The summed E-state index contributed by atoms with van der Waals surface area (Å²) in [5.74, 6) is 1.13. The Morgan fingerprint density at radius 2 is 1.61 bits per heavy atom. The summed E-state index contributed by atoms with van der Waals surface area (Å²) in [5, 5.41) is 0.610. The van der Waals surface area contributed by atoms with Crippen molar-refractivity contribution in [3.63, 3.8) is 0 Å². The van der Waals surface area contributed by atoms with Crippen molar-refractivity contribution in [3.8, 4) is 5.75 Å².